The smallest absolute Gasteiger partial charge is 0.322 e. The predicted molar refractivity (Wildman–Crippen MR) is 98.3 cm³/mol. The summed E-state index contributed by atoms with van der Waals surface area (Å²) in [6.07, 6.45) is 5.34. The lowest BCUT2D eigenvalue weighted by atomic mass is 10.0. The van der Waals surface area contributed by atoms with E-state index < -0.39 is 0 Å². The lowest BCUT2D eigenvalue weighted by molar-refractivity contribution is -0.00193. The van der Waals surface area contributed by atoms with Gasteiger partial charge in [0.15, 0.2) is 0 Å². The first-order valence-corrected chi connectivity index (χ1v) is 9.01. The fourth-order valence-corrected chi connectivity index (χ4v) is 3.60. The average molecular weight is 394 g/mol. The Morgan fingerprint density at radius 2 is 2.04 bits per heavy atom. The maximum absolute atomic E-state index is 6.04. The van der Waals surface area contributed by atoms with Crippen molar-refractivity contribution in [2.45, 2.75) is 25.0 Å². The summed E-state index contributed by atoms with van der Waals surface area (Å²) >= 11 is 12.1. The molecule has 1 aliphatic heterocycles. The second-order valence-corrected chi connectivity index (χ2v) is 7.03. The molecule has 0 aliphatic carbocycles. The van der Waals surface area contributed by atoms with Crippen LogP contribution in [0.5, 0.6) is 0 Å². The Morgan fingerprint density at radius 1 is 1.23 bits per heavy atom. The van der Waals surface area contributed by atoms with Gasteiger partial charge in [0, 0.05) is 41.7 Å². The summed E-state index contributed by atoms with van der Waals surface area (Å²) in [7, 11) is 1.95. The molecule has 136 valence electrons. The number of aryl methyl sites for hydroxylation is 1. The van der Waals surface area contributed by atoms with Crippen molar-refractivity contribution >= 4 is 29.2 Å². The summed E-state index contributed by atoms with van der Waals surface area (Å²) in [6, 6.07) is 5.44. The van der Waals surface area contributed by atoms with E-state index >= 15 is 0 Å². The van der Waals surface area contributed by atoms with E-state index in [4.69, 9.17) is 32.5 Å². The van der Waals surface area contributed by atoms with Gasteiger partial charge >= 0.3 is 6.01 Å². The van der Waals surface area contributed by atoms with Crippen molar-refractivity contribution in [2.75, 3.05) is 11.9 Å². The van der Waals surface area contributed by atoms with Crippen LogP contribution >= 0.6 is 23.2 Å². The molecule has 1 aromatic carbocycles. The third kappa shape index (κ3) is 3.56. The number of rotatable bonds is 4. The van der Waals surface area contributed by atoms with Gasteiger partial charge in [0.25, 0.3) is 0 Å². The fourth-order valence-electron chi connectivity index (χ4n) is 3.08. The highest BCUT2D eigenvalue weighted by atomic mass is 35.5. The first-order valence-electron chi connectivity index (χ1n) is 8.26. The molecule has 1 aliphatic rings. The Bertz CT molecular complexity index is 890. The lowest BCUT2D eigenvalue weighted by Crippen LogP contribution is -2.35. The molecule has 1 saturated heterocycles. The Labute approximate surface area is 160 Å². The van der Waals surface area contributed by atoms with Gasteiger partial charge in [-0.3, -0.25) is 0 Å². The third-order valence-electron chi connectivity index (χ3n) is 4.29. The van der Waals surface area contributed by atoms with Crippen molar-refractivity contribution in [1.29, 1.82) is 0 Å². The molecule has 9 heteroatoms. The van der Waals surface area contributed by atoms with Gasteiger partial charge in [-0.1, -0.05) is 28.4 Å². The molecule has 0 amide bonds. The summed E-state index contributed by atoms with van der Waals surface area (Å²) in [5, 5.41) is 8.33. The zero-order valence-corrected chi connectivity index (χ0v) is 15.5. The molecular weight excluding hydrogens is 377 g/mol. The number of nitrogens with zero attached hydrogens (tertiary/aromatic N) is 4. The summed E-state index contributed by atoms with van der Waals surface area (Å²) in [4.78, 5) is 8.81. The molecule has 0 unspecified atom stereocenters. The summed E-state index contributed by atoms with van der Waals surface area (Å²) in [6.45, 7) is 0.700. The van der Waals surface area contributed by atoms with Crippen LogP contribution in [0.15, 0.2) is 35.1 Å². The number of nitrogens with one attached hydrogen (secondary N) is 1. The van der Waals surface area contributed by atoms with Crippen LogP contribution in [0.4, 0.5) is 6.01 Å². The molecule has 0 bridgehead atoms. The summed E-state index contributed by atoms with van der Waals surface area (Å²) in [5.41, 5.74) is 0.694. The van der Waals surface area contributed by atoms with Crippen molar-refractivity contribution in [1.82, 2.24) is 19.7 Å². The highest BCUT2D eigenvalue weighted by Crippen LogP contribution is 2.30. The predicted octanol–water partition coefficient (Wildman–Crippen LogP) is 4.11. The van der Waals surface area contributed by atoms with Gasteiger partial charge in [-0.05, 0) is 31.0 Å². The van der Waals surface area contributed by atoms with Gasteiger partial charge in [-0.25, -0.2) is 4.98 Å². The van der Waals surface area contributed by atoms with Crippen LogP contribution in [0.2, 0.25) is 10.0 Å². The monoisotopic (exact) mass is 393 g/mol. The number of aromatic nitrogens is 4. The number of hydrogen-bond acceptors (Lipinski definition) is 6. The molecule has 2 atom stereocenters. The van der Waals surface area contributed by atoms with Gasteiger partial charge in [0.2, 0.25) is 5.82 Å². The van der Waals surface area contributed by atoms with Crippen molar-refractivity contribution in [3.63, 3.8) is 0 Å². The van der Waals surface area contributed by atoms with Crippen LogP contribution in [-0.2, 0) is 11.8 Å². The molecule has 7 nitrogen and oxygen atoms in total. The molecular formula is C17H17Cl2N5O2. The lowest BCUT2D eigenvalue weighted by Gasteiger charge is -2.31. The second-order valence-electron chi connectivity index (χ2n) is 6.16. The molecule has 0 saturated carbocycles. The molecule has 3 aromatic rings. The number of anilines is 1. The van der Waals surface area contributed by atoms with Gasteiger partial charge < -0.3 is 19.1 Å². The minimum atomic E-state index is -0.181. The normalized spacial score (nSPS) is 20.3. The maximum Gasteiger partial charge on any atom is 0.322 e. The topological polar surface area (TPSA) is 78.0 Å². The van der Waals surface area contributed by atoms with Crippen LogP contribution in [-0.4, -0.2) is 32.3 Å². The summed E-state index contributed by atoms with van der Waals surface area (Å²) in [5.74, 6) is 1.28. The molecule has 4 rings (SSSR count). The molecule has 0 spiro atoms. The average Bonchev–Trinajstić information content (AvgIpc) is 3.24. The largest absolute Gasteiger partial charge is 0.368 e. The number of ether oxygens (including phenoxy) is 1. The summed E-state index contributed by atoms with van der Waals surface area (Å²) < 4.78 is 13.3. The van der Waals surface area contributed by atoms with E-state index in [1.54, 1.807) is 24.4 Å². The Kier molecular flexibility index (Phi) is 4.84. The minimum Gasteiger partial charge on any atom is -0.368 e. The molecule has 0 radical (unpaired) electrons. The minimum absolute atomic E-state index is 0.0129. The molecule has 2 aromatic heterocycles. The Balaban J connectivity index is 1.55. The van der Waals surface area contributed by atoms with Crippen molar-refractivity contribution < 1.29 is 9.26 Å². The highest BCUT2D eigenvalue weighted by molar-refractivity contribution is 6.35. The van der Waals surface area contributed by atoms with Crippen LogP contribution in [0.3, 0.4) is 0 Å². The maximum atomic E-state index is 6.04. The van der Waals surface area contributed by atoms with Crippen molar-refractivity contribution in [3.05, 3.63) is 46.5 Å². The van der Waals surface area contributed by atoms with Crippen LogP contribution < -0.4 is 5.32 Å². The second kappa shape index (κ2) is 7.26. The molecule has 26 heavy (non-hydrogen) atoms. The van der Waals surface area contributed by atoms with Crippen molar-refractivity contribution in [3.8, 4) is 11.4 Å². The van der Waals surface area contributed by atoms with E-state index in [0.717, 1.165) is 18.7 Å². The highest BCUT2D eigenvalue weighted by Gasteiger charge is 2.31. The van der Waals surface area contributed by atoms with E-state index in [1.165, 1.54) is 0 Å². The van der Waals surface area contributed by atoms with Gasteiger partial charge in [-0.2, -0.15) is 4.98 Å². The first-order chi connectivity index (χ1) is 12.6. The standard InChI is InChI=1S/C17H17Cl2N5O2/c1-24-5-4-20-16(24)14-13(3-2-6-25-14)21-17-22-15(23-26-17)10-7-11(18)9-12(19)8-10/h4-5,7-9,13-14H,2-3,6H2,1H3,(H,21,22,23)/t13-,14-/m0/s1. The van der Waals surface area contributed by atoms with E-state index in [2.05, 4.69) is 20.4 Å². The van der Waals surface area contributed by atoms with E-state index in [-0.39, 0.29) is 12.1 Å². The zero-order valence-electron chi connectivity index (χ0n) is 14.0. The Hall–Kier alpha value is -2.09. The van der Waals surface area contributed by atoms with Crippen LogP contribution in [0.1, 0.15) is 24.8 Å². The Morgan fingerprint density at radius 3 is 2.77 bits per heavy atom. The SMILES string of the molecule is Cn1ccnc1[C@H]1OCCC[C@@H]1Nc1nc(-c2cc(Cl)cc(Cl)c2)no1. The first kappa shape index (κ1) is 17.3. The quantitative estimate of drug-likeness (QED) is 0.718. The third-order valence-corrected chi connectivity index (χ3v) is 4.73. The molecule has 1 N–H and O–H groups in total. The molecule has 1 fully saturated rings. The van der Waals surface area contributed by atoms with Gasteiger partial charge in [0.1, 0.15) is 11.9 Å². The number of halogens is 2. The van der Waals surface area contributed by atoms with Gasteiger partial charge in [-0.15, -0.1) is 0 Å². The van der Waals surface area contributed by atoms with E-state index in [9.17, 15) is 0 Å². The van der Waals surface area contributed by atoms with E-state index in [0.29, 0.717) is 34.1 Å². The van der Waals surface area contributed by atoms with Crippen LogP contribution in [0.25, 0.3) is 11.4 Å². The van der Waals surface area contributed by atoms with Crippen LogP contribution in [0, 0.1) is 0 Å². The van der Waals surface area contributed by atoms with Crippen molar-refractivity contribution in [2.24, 2.45) is 7.05 Å². The fraction of sp³-hybridized carbons (Fsp3) is 0.353. The number of benzene rings is 1. The zero-order chi connectivity index (χ0) is 18.1. The number of imidazole rings is 1. The number of hydrogen-bond donors (Lipinski definition) is 1. The van der Waals surface area contributed by atoms with E-state index in [1.807, 2.05) is 17.8 Å². The van der Waals surface area contributed by atoms with Gasteiger partial charge in [0.05, 0.1) is 6.04 Å². The molecule has 3 heterocycles.